The molecule has 1 fully saturated rings. The van der Waals surface area contributed by atoms with E-state index in [1.165, 1.54) is 12.8 Å². The number of methoxy groups -OCH3 is 1. The Labute approximate surface area is 126 Å². The van der Waals surface area contributed by atoms with Gasteiger partial charge in [-0.3, -0.25) is 4.79 Å². The number of nitrogens with zero attached hydrogens (tertiary/aromatic N) is 4. The first-order valence-corrected chi connectivity index (χ1v) is 7.83. The number of amides is 1. The summed E-state index contributed by atoms with van der Waals surface area (Å²) in [7, 11) is 1.65. The van der Waals surface area contributed by atoms with Crippen molar-refractivity contribution < 1.29 is 9.53 Å². The number of ether oxygens (including phenoxy) is 1. The summed E-state index contributed by atoms with van der Waals surface area (Å²) in [6.45, 7) is 6.38. The summed E-state index contributed by atoms with van der Waals surface area (Å²) in [4.78, 5) is 14.7. The Kier molecular flexibility index (Phi) is 5.73. The highest BCUT2D eigenvalue weighted by Crippen LogP contribution is 2.23. The first-order valence-electron chi connectivity index (χ1n) is 7.83. The molecule has 1 saturated heterocycles. The second kappa shape index (κ2) is 7.54. The molecule has 1 aromatic heterocycles. The van der Waals surface area contributed by atoms with Crippen molar-refractivity contribution in [3.63, 3.8) is 0 Å². The Morgan fingerprint density at radius 2 is 2.24 bits per heavy atom. The molecule has 1 aliphatic heterocycles. The Balaban J connectivity index is 2.10. The lowest BCUT2D eigenvalue weighted by atomic mass is 9.98. The third-order valence-corrected chi connectivity index (χ3v) is 4.11. The van der Waals surface area contributed by atoms with E-state index >= 15 is 0 Å². The van der Waals surface area contributed by atoms with E-state index in [-0.39, 0.29) is 5.91 Å². The minimum Gasteiger partial charge on any atom is -0.383 e. The second-order valence-corrected chi connectivity index (χ2v) is 6.02. The first-order chi connectivity index (χ1) is 10.1. The van der Waals surface area contributed by atoms with Crippen LogP contribution < -0.4 is 0 Å². The number of likely N-dealkylation sites (tertiary alicyclic amines) is 1. The van der Waals surface area contributed by atoms with Crippen LogP contribution in [-0.4, -0.2) is 52.1 Å². The molecule has 0 aromatic carbocycles. The number of carbonyl (C=O) groups is 1. The number of hydrogen-bond acceptors (Lipinski definition) is 4. The van der Waals surface area contributed by atoms with E-state index in [4.69, 9.17) is 4.74 Å². The van der Waals surface area contributed by atoms with E-state index in [0.29, 0.717) is 30.8 Å². The zero-order valence-corrected chi connectivity index (χ0v) is 13.3. The van der Waals surface area contributed by atoms with Crippen molar-refractivity contribution in [1.82, 2.24) is 19.9 Å². The molecule has 0 radical (unpaired) electrons. The standard InChI is InChI=1S/C15H26N4O2/c1-12(2)14-7-5-4-6-8-19(14)15(20)13-11-18(17-16-13)9-10-21-3/h11-12,14H,4-10H2,1-3H3. The van der Waals surface area contributed by atoms with Crippen LogP contribution in [0, 0.1) is 5.92 Å². The molecule has 21 heavy (non-hydrogen) atoms. The Morgan fingerprint density at radius 3 is 2.95 bits per heavy atom. The topological polar surface area (TPSA) is 60.2 Å². The molecule has 1 aromatic rings. The van der Waals surface area contributed by atoms with E-state index < -0.39 is 0 Å². The molecule has 118 valence electrons. The van der Waals surface area contributed by atoms with Crippen LogP contribution in [0.1, 0.15) is 50.0 Å². The average molecular weight is 294 g/mol. The van der Waals surface area contributed by atoms with Crippen LogP contribution in [0.25, 0.3) is 0 Å². The molecule has 0 N–H and O–H groups in total. The van der Waals surface area contributed by atoms with Gasteiger partial charge in [0, 0.05) is 19.7 Å². The lowest BCUT2D eigenvalue weighted by Gasteiger charge is -2.32. The molecule has 1 atom stereocenters. The van der Waals surface area contributed by atoms with Crippen molar-refractivity contribution >= 4 is 5.91 Å². The van der Waals surface area contributed by atoms with Crippen LogP contribution in [-0.2, 0) is 11.3 Å². The van der Waals surface area contributed by atoms with Gasteiger partial charge in [0.05, 0.1) is 19.3 Å². The fourth-order valence-corrected chi connectivity index (χ4v) is 2.92. The quantitative estimate of drug-likeness (QED) is 0.833. The van der Waals surface area contributed by atoms with Crippen molar-refractivity contribution in [3.8, 4) is 0 Å². The smallest absolute Gasteiger partial charge is 0.276 e. The minimum absolute atomic E-state index is 0.0132. The predicted molar refractivity (Wildman–Crippen MR) is 80.0 cm³/mol. The summed E-state index contributed by atoms with van der Waals surface area (Å²) < 4.78 is 6.68. The SMILES string of the molecule is COCCn1cc(C(=O)N2CCCCCC2C(C)C)nn1. The summed E-state index contributed by atoms with van der Waals surface area (Å²) in [5.74, 6) is 0.481. The molecule has 2 heterocycles. The summed E-state index contributed by atoms with van der Waals surface area (Å²) in [5.41, 5.74) is 0.443. The Morgan fingerprint density at radius 1 is 1.43 bits per heavy atom. The van der Waals surface area contributed by atoms with Gasteiger partial charge in [-0.25, -0.2) is 4.68 Å². The van der Waals surface area contributed by atoms with Crippen molar-refractivity contribution in [2.75, 3.05) is 20.3 Å². The molecule has 1 unspecified atom stereocenters. The maximum atomic E-state index is 12.7. The lowest BCUT2D eigenvalue weighted by Crippen LogP contribution is -2.43. The molecular formula is C15H26N4O2. The number of rotatable bonds is 5. The molecule has 1 amide bonds. The molecule has 0 spiro atoms. The van der Waals surface area contributed by atoms with Crippen LogP contribution in [0.4, 0.5) is 0 Å². The fraction of sp³-hybridized carbons (Fsp3) is 0.800. The van der Waals surface area contributed by atoms with Gasteiger partial charge < -0.3 is 9.64 Å². The van der Waals surface area contributed by atoms with Gasteiger partial charge in [0.15, 0.2) is 5.69 Å². The van der Waals surface area contributed by atoms with E-state index in [9.17, 15) is 4.79 Å². The molecule has 0 bridgehead atoms. The van der Waals surface area contributed by atoms with E-state index in [1.807, 2.05) is 4.90 Å². The summed E-state index contributed by atoms with van der Waals surface area (Å²) in [5, 5.41) is 8.04. The second-order valence-electron chi connectivity index (χ2n) is 6.02. The van der Waals surface area contributed by atoms with Crippen molar-refractivity contribution in [3.05, 3.63) is 11.9 Å². The minimum atomic E-state index is 0.0132. The van der Waals surface area contributed by atoms with Crippen molar-refractivity contribution in [1.29, 1.82) is 0 Å². The highest BCUT2D eigenvalue weighted by Gasteiger charge is 2.29. The van der Waals surface area contributed by atoms with Gasteiger partial charge in [0.2, 0.25) is 0 Å². The Hall–Kier alpha value is -1.43. The van der Waals surface area contributed by atoms with Crippen LogP contribution >= 0.6 is 0 Å². The average Bonchev–Trinajstić information content (AvgIpc) is 2.79. The third-order valence-electron chi connectivity index (χ3n) is 4.11. The van der Waals surface area contributed by atoms with Gasteiger partial charge in [-0.2, -0.15) is 0 Å². The van der Waals surface area contributed by atoms with Crippen LogP contribution in [0.2, 0.25) is 0 Å². The summed E-state index contributed by atoms with van der Waals surface area (Å²) in [6.07, 6.45) is 6.29. The summed E-state index contributed by atoms with van der Waals surface area (Å²) >= 11 is 0. The molecule has 0 aliphatic carbocycles. The zero-order chi connectivity index (χ0) is 15.2. The highest BCUT2D eigenvalue weighted by molar-refractivity contribution is 5.92. The van der Waals surface area contributed by atoms with Gasteiger partial charge in [-0.1, -0.05) is 31.9 Å². The molecule has 6 nitrogen and oxygen atoms in total. The predicted octanol–water partition coefficient (Wildman–Crippen LogP) is 1.97. The van der Waals surface area contributed by atoms with Gasteiger partial charge >= 0.3 is 0 Å². The highest BCUT2D eigenvalue weighted by atomic mass is 16.5. The van der Waals surface area contributed by atoms with E-state index in [0.717, 1.165) is 19.4 Å². The normalized spacial score (nSPS) is 19.8. The monoisotopic (exact) mass is 294 g/mol. The maximum Gasteiger partial charge on any atom is 0.276 e. The van der Waals surface area contributed by atoms with Gasteiger partial charge in [-0.05, 0) is 18.8 Å². The molecule has 1 aliphatic rings. The molecular weight excluding hydrogens is 268 g/mol. The number of aromatic nitrogens is 3. The van der Waals surface area contributed by atoms with Crippen LogP contribution in [0.5, 0.6) is 0 Å². The van der Waals surface area contributed by atoms with E-state index in [2.05, 4.69) is 24.2 Å². The summed E-state index contributed by atoms with van der Waals surface area (Å²) in [6, 6.07) is 0.309. The van der Waals surface area contributed by atoms with Gasteiger partial charge in [0.1, 0.15) is 0 Å². The Bertz CT molecular complexity index is 458. The zero-order valence-electron chi connectivity index (χ0n) is 13.3. The molecule has 6 heteroatoms. The number of hydrogen-bond donors (Lipinski definition) is 0. The first kappa shape index (κ1) is 15.9. The van der Waals surface area contributed by atoms with Crippen LogP contribution in [0.3, 0.4) is 0 Å². The van der Waals surface area contributed by atoms with Crippen LogP contribution in [0.15, 0.2) is 6.20 Å². The van der Waals surface area contributed by atoms with Gasteiger partial charge in [0.25, 0.3) is 5.91 Å². The molecule has 0 saturated carbocycles. The lowest BCUT2D eigenvalue weighted by molar-refractivity contribution is 0.0625. The molecule has 2 rings (SSSR count). The van der Waals surface area contributed by atoms with Crippen molar-refractivity contribution in [2.24, 2.45) is 5.92 Å². The number of carbonyl (C=O) groups excluding carboxylic acids is 1. The van der Waals surface area contributed by atoms with E-state index in [1.54, 1.807) is 18.0 Å². The fourth-order valence-electron chi connectivity index (χ4n) is 2.92. The van der Waals surface area contributed by atoms with Gasteiger partial charge in [-0.15, -0.1) is 5.10 Å². The third kappa shape index (κ3) is 4.03. The maximum absolute atomic E-state index is 12.7. The largest absolute Gasteiger partial charge is 0.383 e. The van der Waals surface area contributed by atoms with Crippen molar-refractivity contribution in [2.45, 2.75) is 52.1 Å².